The van der Waals surface area contributed by atoms with Crippen molar-refractivity contribution in [2.24, 2.45) is 0 Å². The summed E-state index contributed by atoms with van der Waals surface area (Å²) in [6.07, 6.45) is 2.43. The summed E-state index contributed by atoms with van der Waals surface area (Å²) < 4.78 is 4.51. The van der Waals surface area contributed by atoms with Crippen molar-refractivity contribution in [2.45, 2.75) is 19.8 Å². The number of methoxy groups -OCH3 is 1. The van der Waals surface area contributed by atoms with Crippen molar-refractivity contribution in [3.63, 3.8) is 0 Å². The van der Waals surface area contributed by atoms with Crippen molar-refractivity contribution in [1.29, 1.82) is 0 Å². The van der Waals surface area contributed by atoms with Gasteiger partial charge < -0.3 is 4.74 Å². The maximum Gasteiger partial charge on any atom is 0.305 e. The zero-order valence-corrected chi connectivity index (χ0v) is 8.84. The van der Waals surface area contributed by atoms with E-state index in [0.29, 0.717) is 23.8 Å². The molecule has 0 fully saturated rings. The molecule has 0 aliphatic heterocycles. The van der Waals surface area contributed by atoms with Crippen LogP contribution in [0.4, 0.5) is 0 Å². The first-order chi connectivity index (χ1) is 6.63. The Kier molecular flexibility index (Phi) is 3.83. The minimum Gasteiger partial charge on any atom is -0.469 e. The van der Waals surface area contributed by atoms with Gasteiger partial charge in [0, 0.05) is 18.2 Å². The summed E-state index contributed by atoms with van der Waals surface area (Å²) in [6.45, 7) is 1.76. The third-order valence-corrected chi connectivity index (χ3v) is 2.09. The predicted octanol–water partition coefficient (Wildman–Crippen LogP) is 1.54. The molecule has 0 bridgehead atoms. The number of rotatable bonds is 3. The lowest BCUT2D eigenvalue weighted by molar-refractivity contribution is -0.140. The molecule has 0 aliphatic carbocycles. The van der Waals surface area contributed by atoms with Crippen LogP contribution in [-0.4, -0.2) is 23.0 Å². The van der Waals surface area contributed by atoms with E-state index in [2.05, 4.69) is 14.7 Å². The second kappa shape index (κ2) is 4.91. The highest BCUT2D eigenvalue weighted by atomic mass is 35.5. The fourth-order valence-electron chi connectivity index (χ4n) is 0.974. The first-order valence-corrected chi connectivity index (χ1v) is 4.56. The Morgan fingerprint density at radius 3 is 2.93 bits per heavy atom. The van der Waals surface area contributed by atoms with E-state index < -0.39 is 0 Å². The van der Waals surface area contributed by atoms with E-state index in [0.717, 1.165) is 5.56 Å². The lowest BCUT2D eigenvalue weighted by atomic mass is 10.2. The average Bonchev–Trinajstić information content (AvgIpc) is 2.16. The van der Waals surface area contributed by atoms with Gasteiger partial charge in [-0.1, -0.05) is 11.6 Å². The largest absolute Gasteiger partial charge is 0.469 e. The molecular formula is C9H11ClN2O2. The molecular weight excluding hydrogens is 204 g/mol. The van der Waals surface area contributed by atoms with Crippen molar-refractivity contribution in [3.05, 3.63) is 22.7 Å². The fourth-order valence-corrected chi connectivity index (χ4v) is 1.24. The highest BCUT2D eigenvalue weighted by Gasteiger charge is 2.06. The van der Waals surface area contributed by atoms with Crippen LogP contribution in [0.25, 0.3) is 0 Å². The summed E-state index contributed by atoms with van der Waals surface area (Å²) in [5.41, 5.74) is 0.766. The summed E-state index contributed by atoms with van der Waals surface area (Å²) >= 11 is 5.85. The lowest BCUT2D eigenvalue weighted by Crippen LogP contribution is -2.03. The van der Waals surface area contributed by atoms with Crippen LogP contribution in [0.3, 0.4) is 0 Å². The molecule has 0 atom stereocenters. The van der Waals surface area contributed by atoms with Gasteiger partial charge in [-0.3, -0.25) is 4.79 Å². The number of aryl methyl sites for hydroxylation is 2. The predicted molar refractivity (Wildman–Crippen MR) is 52.1 cm³/mol. The number of halogens is 1. The SMILES string of the molecule is COC(=O)CCc1cnc(C)nc1Cl. The Hall–Kier alpha value is -1.16. The van der Waals surface area contributed by atoms with Crippen molar-refractivity contribution >= 4 is 17.6 Å². The molecule has 0 spiro atoms. The number of aromatic nitrogens is 2. The summed E-state index contributed by atoms with van der Waals surface area (Å²) in [5.74, 6) is 0.360. The van der Waals surface area contributed by atoms with Crippen LogP contribution < -0.4 is 0 Å². The zero-order valence-electron chi connectivity index (χ0n) is 8.08. The zero-order chi connectivity index (χ0) is 10.6. The number of ether oxygens (including phenoxy) is 1. The molecule has 1 aromatic heterocycles. The van der Waals surface area contributed by atoms with Gasteiger partial charge in [-0.2, -0.15) is 0 Å². The molecule has 14 heavy (non-hydrogen) atoms. The number of carbonyl (C=O) groups is 1. The Balaban J connectivity index is 2.63. The topological polar surface area (TPSA) is 52.1 Å². The first kappa shape index (κ1) is 10.9. The van der Waals surface area contributed by atoms with Crippen LogP contribution in [0, 0.1) is 6.92 Å². The second-order valence-corrected chi connectivity index (χ2v) is 3.17. The van der Waals surface area contributed by atoms with Gasteiger partial charge >= 0.3 is 5.97 Å². The minimum absolute atomic E-state index is 0.262. The first-order valence-electron chi connectivity index (χ1n) is 4.18. The molecule has 76 valence electrons. The Labute approximate surface area is 87.3 Å². The van der Waals surface area contributed by atoms with E-state index in [1.807, 2.05) is 0 Å². The van der Waals surface area contributed by atoms with Gasteiger partial charge in [-0.05, 0) is 13.3 Å². The van der Waals surface area contributed by atoms with Crippen LogP contribution in [0.5, 0.6) is 0 Å². The van der Waals surface area contributed by atoms with Crippen LogP contribution in [0.1, 0.15) is 17.8 Å². The standard InChI is InChI=1S/C9H11ClN2O2/c1-6-11-5-7(9(10)12-6)3-4-8(13)14-2/h5H,3-4H2,1-2H3. The van der Waals surface area contributed by atoms with E-state index in [1.54, 1.807) is 13.1 Å². The molecule has 0 saturated carbocycles. The van der Waals surface area contributed by atoms with E-state index in [4.69, 9.17) is 11.6 Å². The Bertz CT molecular complexity index is 342. The van der Waals surface area contributed by atoms with Gasteiger partial charge in [0.1, 0.15) is 11.0 Å². The molecule has 0 unspecified atom stereocenters. The second-order valence-electron chi connectivity index (χ2n) is 2.81. The summed E-state index contributed by atoms with van der Waals surface area (Å²) in [5, 5.41) is 0.404. The average molecular weight is 215 g/mol. The van der Waals surface area contributed by atoms with Crippen molar-refractivity contribution in [2.75, 3.05) is 7.11 Å². The molecule has 5 heteroatoms. The smallest absolute Gasteiger partial charge is 0.305 e. The van der Waals surface area contributed by atoms with Crippen molar-refractivity contribution < 1.29 is 9.53 Å². The summed E-state index contributed by atoms with van der Waals surface area (Å²) in [4.78, 5) is 18.8. The number of esters is 1. The lowest BCUT2D eigenvalue weighted by Gasteiger charge is -2.02. The molecule has 0 aliphatic rings. The van der Waals surface area contributed by atoms with E-state index >= 15 is 0 Å². The monoisotopic (exact) mass is 214 g/mol. The molecule has 1 heterocycles. The normalized spacial score (nSPS) is 9.93. The van der Waals surface area contributed by atoms with Gasteiger partial charge in [0.25, 0.3) is 0 Å². The fraction of sp³-hybridized carbons (Fsp3) is 0.444. The number of carbonyl (C=O) groups excluding carboxylic acids is 1. The summed E-state index contributed by atoms with van der Waals surface area (Å²) in [7, 11) is 1.36. The van der Waals surface area contributed by atoms with Gasteiger partial charge in [0.15, 0.2) is 0 Å². The van der Waals surface area contributed by atoms with Gasteiger partial charge in [0.2, 0.25) is 0 Å². The minimum atomic E-state index is -0.262. The summed E-state index contributed by atoms with van der Waals surface area (Å²) in [6, 6.07) is 0. The van der Waals surface area contributed by atoms with Crippen LogP contribution in [0.2, 0.25) is 5.15 Å². The number of hydrogen-bond donors (Lipinski definition) is 0. The number of nitrogens with zero attached hydrogens (tertiary/aromatic N) is 2. The Morgan fingerprint density at radius 2 is 2.36 bits per heavy atom. The van der Waals surface area contributed by atoms with Crippen molar-refractivity contribution in [1.82, 2.24) is 9.97 Å². The Morgan fingerprint density at radius 1 is 1.64 bits per heavy atom. The molecule has 0 radical (unpaired) electrons. The molecule has 0 amide bonds. The molecule has 0 saturated heterocycles. The maximum atomic E-state index is 10.9. The number of hydrogen-bond acceptors (Lipinski definition) is 4. The molecule has 0 aromatic carbocycles. The van der Waals surface area contributed by atoms with Crippen LogP contribution >= 0.6 is 11.6 Å². The quantitative estimate of drug-likeness (QED) is 0.566. The van der Waals surface area contributed by atoms with Crippen molar-refractivity contribution in [3.8, 4) is 0 Å². The molecule has 1 rings (SSSR count). The molecule has 0 N–H and O–H groups in total. The van der Waals surface area contributed by atoms with Crippen LogP contribution in [0.15, 0.2) is 6.20 Å². The highest BCUT2D eigenvalue weighted by molar-refractivity contribution is 6.30. The van der Waals surface area contributed by atoms with Gasteiger partial charge in [0.05, 0.1) is 7.11 Å². The molecule has 4 nitrogen and oxygen atoms in total. The van der Waals surface area contributed by atoms with Crippen LogP contribution in [-0.2, 0) is 16.0 Å². The van der Waals surface area contributed by atoms with E-state index in [9.17, 15) is 4.79 Å². The van der Waals surface area contributed by atoms with E-state index in [1.165, 1.54) is 7.11 Å². The maximum absolute atomic E-state index is 10.9. The van der Waals surface area contributed by atoms with Gasteiger partial charge in [-0.15, -0.1) is 0 Å². The highest BCUT2D eigenvalue weighted by Crippen LogP contribution is 2.13. The third kappa shape index (κ3) is 2.96. The third-order valence-electron chi connectivity index (χ3n) is 1.76. The molecule has 1 aromatic rings. The van der Waals surface area contributed by atoms with E-state index in [-0.39, 0.29) is 5.97 Å². The van der Waals surface area contributed by atoms with Gasteiger partial charge in [-0.25, -0.2) is 9.97 Å².